The summed E-state index contributed by atoms with van der Waals surface area (Å²) in [5, 5.41) is 10.6. The molecule has 3 unspecified atom stereocenters. The maximum Gasteiger partial charge on any atom is 0.472 e. The molecule has 0 saturated heterocycles. The second kappa shape index (κ2) is 63.5. The first-order valence-electron chi connectivity index (χ1n) is 38.2. The number of aliphatic hydroxyl groups excluding tert-OH is 1. The minimum Gasteiger partial charge on any atom is -0.462 e. The van der Waals surface area contributed by atoms with Crippen molar-refractivity contribution in [2.75, 3.05) is 39.6 Å². The van der Waals surface area contributed by atoms with E-state index in [0.717, 1.165) is 114 Å². The summed E-state index contributed by atoms with van der Waals surface area (Å²) < 4.78 is 68.5. The molecule has 0 saturated carbocycles. The molecule has 17 nitrogen and oxygen atoms in total. The molecule has 0 aromatic carbocycles. The highest BCUT2D eigenvalue weighted by atomic mass is 31.2. The first-order chi connectivity index (χ1) is 44.6. The summed E-state index contributed by atoms with van der Waals surface area (Å²) in [6, 6.07) is 0. The number of unbranched alkanes of at least 4 members (excludes halogenated alkanes) is 37. The van der Waals surface area contributed by atoms with E-state index in [1.807, 2.05) is 0 Å². The number of hydrogen-bond acceptors (Lipinski definition) is 15. The molecular weight excluding hydrogens is 1220 g/mol. The Morgan fingerprint density at radius 3 is 0.667 bits per heavy atom. The quantitative estimate of drug-likeness (QED) is 0.0222. The Hall–Kier alpha value is -1.94. The number of esters is 4. The molecule has 0 aromatic heterocycles. The third kappa shape index (κ3) is 68.4. The molecule has 0 bridgehead atoms. The van der Waals surface area contributed by atoms with E-state index in [4.69, 9.17) is 37.0 Å². The Morgan fingerprint density at radius 1 is 0.269 bits per heavy atom. The van der Waals surface area contributed by atoms with Gasteiger partial charge < -0.3 is 33.8 Å². The van der Waals surface area contributed by atoms with Gasteiger partial charge in [-0.15, -0.1) is 0 Å². The van der Waals surface area contributed by atoms with Crippen molar-refractivity contribution < 1.29 is 80.2 Å². The van der Waals surface area contributed by atoms with Gasteiger partial charge in [-0.3, -0.25) is 37.3 Å². The van der Waals surface area contributed by atoms with E-state index < -0.39 is 97.5 Å². The Balaban J connectivity index is 5.25. The minimum absolute atomic E-state index is 0.105. The van der Waals surface area contributed by atoms with Gasteiger partial charge in [0.2, 0.25) is 0 Å². The lowest BCUT2D eigenvalue weighted by Crippen LogP contribution is -2.30. The number of carbonyl (C=O) groups excluding carboxylic acids is 4. The molecule has 0 aliphatic heterocycles. The molecule has 93 heavy (non-hydrogen) atoms. The van der Waals surface area contributed by atoms with Gasteiger partial charge in [0.05, 0.1) is 26.4 Å². The lowest BCUT2D eigenvalue weighted by Gasteiger charge is -2.21. The number of aliphatic hydroxyl groups is 1. The number of hydrogen-bond donors (Lipinski definition) is 3. The van der Waals surface area contributed by atoms with Gasteiger partial charge in [-0.2, -0.15) is 0 Å². The van der Waals surface area contributed by atoms with Gasteiger partial charge in [0.15, 0.2) is 12.2 Å². The predicted octanol–water partition coefficient (Wildman–Crippen LogP) is 21.3. The topological polar surface area (TPSA) is 237 Å². The van der Waals surface area contributed by atoms with Crippen molar-refractivity contribution in [1.82, 2.24) is 0 Å². The largest absolute Gasteiger partial charge is 0.472 e. The van der Waals surface area contributed by atoms with Gasteiger partial charge in [-0.05, 0) is 49.4 Å². The van der Waals surface area contributed by atoms with Crippen molar-refractivity contribution >= 4 is 39.5 Å². The SMILES string of the molecule is CC(C)CCCCCCCCCCCCCCC(=O)OC[C@H](COP(=O)(O)OCC(O)COP(=O)(O)OC[C@@H](COC(=O)CCCCCCCCCC(C)C)OC(=O)CCCCCCCCCCCCCCC(C)C)OC(=O)CCCCCCCCCCCCC(C)C. The van der Waals surface area contributed by atoms with Gasteiger partial charge in [0.25, 0.3) is 0 Å². The molecular formula is C74H144O17P2. The highest BCUT2D eigenvalue weighted by Gasteiger charge is 2.30. The minimum atomic E-state index is -4.96. The van der Waals surface area contributed by atoms with Crippen LogP contribution in [0, 0.1) is 23.7 Å². The number of rotatable bonds is 71. The molecule has 0 amide bonds. The van der Waals surface area contributed by atoms with Crippen LogP contribution in [0.2, 0.25) is 0 Å². The van der Waals surface area contributed by atoms with Gasteiger partial charge in [-0.25, -0.2) is 9.13 Å². The highest BCUT2D eigenvalue weighted by molar-refractivity contribution is 7.47. The fourth-order valence-electron chi connectivity index (χ4n) is 11.2. The van der Waals surface area contributed by atoms with Crippen molar-refractivity contribution in [2.24, 2.45) is 23.7 Å². The summed E-state index contributed by atoms with van der Waals surface area (Å²) in [6.45, 7) is 14.1. The van der Waals surface area contributed by atoms with E-state index in [0.29, 0.717) is 31.6 Å². The number of phosphoric acid groups is 2. The molecule has 0 aliphatic rings. The van der Waals surface area contributed by atoms with Crippen LogP contribution in [-0.4, -0.2) is 96.7 Å². The van der Waals surface area contributed by atoms with E-state index in [1.54, 1.807) is 0 Å². The zero-order valence-electron chi connectivity index (χ0n) is 60.9. The predicted molar refractivity (Wildman–Crippen MR) is 377 cm³/mol. The molecule has 0 aliphatic carbocycles. The first kappa shape index (κ1) is 91.1. The maximum absolute atomic E-state index is 13.1. The van der Waals surface area contributed by atoms with Gasteiger partial charge in [0, 0.05) is 25.7 Å². The lowest BCUT2D eigenvalue weighted by molar-refractivity contribution is -0.161. The zero-order chi connectivity index (χ0) is 68.9. The van der Waals surface area contributed by atoms with Crippen LogP contribution in [0.15, 0.2) is 0 Å². The third-order valence-electron chi connectivity index (χ3n) is 17.1. The van der Waals surface area contributed by atoms with E-state index in [-0.39, 0.29) is 25.7 Å². The Kier molecular flexibility index (Phi) is 62.2. The third-order valence-corrected chi connectivity index (χ3v) is 19.0. The Labute approximate surface area is 568 Å². The van der Waals surface area contributed by atoms with Crippen molar-refractivity contribution in [3.05, 3.63) is 0 Å². The first-order valence-corrected chi connectivity index (χ1v) is 41.2. The van der Waals surface area contributed by atoms with Crippen molar-refractivity contribution in [3.63, 3.8) is 0 Å². The molecule has 0 fully saturated rings. The maximum atomic E-state index is 13.1. The molecule has 3 N–H and O–H groups in total. The fraction of sp³-hybridized carbons (Fsp3) is 0.946. The summed E-state index contributed by atoms with van der Waals surface area (Å²) >= 11 is 0. The molecule has 0 rings (SSSR count). The molecule has 0 aromatic rings. The van der Waals surface area contributed by atoms with Crippen molar-refractivity contribution in [1.29, 1.82) is 0 Å². The van der Waals surface area contributed by atoms with Crippen LogP contribution >= 0.6 is 15.6 Å². The van der Waals surface area contributed by atoms with Crippen LogP contribution in [0.4, 0.5) is 0 Å². The van der Waals surface area contributed by atoms with E-state index in [9.17, 15) is 43.2 Å². The van der Waals surface area contributed by atoms with Crippen LogP contribution in [0.3, 0.4) is 0 Å². The highest BCUT2D eigenvalue weighted by Crippen LogP contribution is 2.45. The average molecular weight is 1370 g/mol. The van der Waals surface area contributed by atoms with Gasteiger partial charge in [0.1, 0.15) is 19.3 Å². The van der Waals surface area contributed by atoms with Crippen LogP contribution in [0.1, 0.15) is 370 Å². The average Bonchev–Trinajstić information content (AvgIpc) is 2.38. The second-order valence-electron chi connectivity index (χ2n) is 28.6. The fourth-order valence-corrected chi connectivity index (χ4v) is 12.8. The van der Waals surface area contributed by atoms with Crippen LogP contribution in [0.25, 0.3) is 0 Å². The number of carbonyl (C=O) groups is 4. The van der Waals surface area contributed by atoms with E-state index in [1.165, 1.54) is 167 Å². The standard InChI is InChI=1S/C74H144O17P2/c1-64(2)50-42-34-26-19-13-9-11-15-22-30-38-46-54-71(76)84-60-69(90-74(79)57-49-41-32-24-18-17-21-28-36-44-52-66(5)6)62-88-92(80,81)86-58-68(75)59-87-93(82,83)89-63-70(61-85-72(77)55-47-39-33-25-29-37-45-53-67(7)8)91-73(78)56-48-40-31-23-16-12-10-14-20-27-35-43-51-65(3)4/h64-70,75H,9-63H2,1-8H3,(H,80,81)(H,82,83)/t68?,69-,70-/m1/s1. The van der Waals surface area contributed by atoms with Gasteiger partial charge in [-0.1, -0.05) is 319 Å². The van der Waals surface area contributed by atoms with Crippen molar-refractivity contribution in [2.45, 2.75) is 388 Å². The van der Waals surface area contributed by atoms with Crippen LogP contribution < -0.4 is 0 Å². The van der Waals surface area contributed by atoms with E-state index >= 15 is 0 Å². The van der Waals surface area contributed by atoms with Gasteiger partial charge >= 0.3 is 39.5 Å². The molecule has 0 radical (unpaired) electrons. The summed E-state index contributed by atoms with van der Waals surface area (Å²) in [5.74, 6) is 0.892. The number of phosphoric ester groups is 2. The summed E-state index contributed by atoms with van der Waals surface area (Å²) in [6.07, 6.45) is 47.2. The normalized spacial score (nSPS) is 14.2. The molecule has 19 heteroatoms. The summed E-state index contributed by atoms with van der Waals surface area (Å²) in [7, 11) is -9.91. The van der Waals surface area contributed by atoms with E-state index in [2.05, 4.69) is 55.4 Å². The van der Waals surface area contributed by atoms with Crippen molar-refractivity contribution in [3.8, 4) is 0 Å². The lowest BCUT2D eigenvalue weighted by atomic mass is 10.0. The smallest absolute Gasteiger partial charge is 0.462 e. The molecule has 552 valence electrons. The summed E-state index contributed by atoms with van der Waals surface area (Å²) in [4.78, 5) is 72.7. The molecule has 5 atom stereocenters. The monoisotopic (exact) mass is 1370 g/mol. The Bertz CT molecular complexity index is 1830. The molecule has 0 spiro atoms. The van der Waals surface area contributed by atoms with Crippen LogP contribution in [0.5, 0.6) is 0 Å². The summed E-state index contributed by atoms with van der Waals surface area (Å²) in [5.41, 5.74) is 0. The molecule has 0 heterocycles. The Morgan fingerprint density at radius 2 is 0.452 bits per heavy atom. The van der Waals surface area contributed by atoms with Crippen LogP contribution in [-0.2, 0) is 65.4 Å². The number of ether oxygens (including phenoxy) is 4. The second-order valence-corrected chi connectivity index (χ2v) is 31.5. The zero-order valence-corrected chi connectivity index (χ0v) is 62.7.